The molecule has 37 heavy (non-hydrogen) atoms. The van der Waals surface area contributed by atoms with E-state index in [2.05, 4.69) is 16.9 Å². The number of hydrogen-bond acceptors (Lipinski definition) is 8. The highest BCUT2D eigenvalue weighted by atomic mass is 16.6. The van der Waals surface area contributed by atoms with Crippen molar-refractivity contribution < 1.29 is 24.0 Å². The third-order valence-electron chi connectivity index (χ3n) is 5.67. The largest absolute Gasteiger partial charge is 0.484 e. The molecular weight excluding hydrogens is 478 g/mol. The monoisotopic (exact) mass is 501 g/mol. The van der Waals surface area contributed by atoms with Gasteiger partial charge in [-0.15, -0.1) is 0 Å². The number of nitriles is 1. The first-order chi connectivity index (χ1) is 17.9. The molecule has 0 aliphatic carbocycles. The van der Waals surface area contributed by atoms with Crippen LogP contribution in [-0.2, 0) is 9.53 Å². The average Bonchev–Trinajstić information content (AvgIpc) is 2.95. The molecule has 0 radical (unpaired) electrons. The minimum absolute atomic E-state index is 0.0309. The second-order valence-corrected chi connectivity index (χ2v) is 8.06. The number of nitrogens with zero attached hydrogens (tertiary/aromatic N) is 3. The molecule has 11 heteroatoms. The molecule has 4 rings (SSSR count). The highest BCUT2D eigenvalue weighted by Crippen LogP contribution is 2.30. The van der Waals surface area contributed by atoms with E-state index in [4.69, 9.17) is 14.7 Å². The van der Waals surface area contributed by atoms with Crippen LogP contribution in [0.4, 0.5) is 11.4 Å². The van der Waals surface area contributed by atoms with Crippen LogP contribution in [0.1, 0.15) is 15.9 Å². The van der Waals surface area contributed by atoms with Gasteiger partial charge in [-0.2, -0.15) is 5.26 Å². The van der Waals surface area contributed by atoms with Crippen LogP contribution in [0.3, 0.4) is 0 Å². The zero-order valence-corrected chi connectivity index (χ0v) is 19.7. The number of carbonyl (C=O) groups is 2. The van der Waals surface area contributed by atoms with Crippen molar-refractivity contribution >= 4 is 23.2 Å². The summed E-state index contributed by atoms with van der Waals surface area (Å²) in [4.78, 5) is 37.5. The number of anilines is 1. The summed E-state index contributed by atoms with van der Waals surface area (Å²) < 4.78 is 10.7. The number of hydrazine groups is 1. The van der Waals surface area contributed by atoms with Crippen molar-refractivity contribution in [2.75, 3.05) is 37.8 Å². The Kier molecular flexibility index (Phi) is 7.92. The van der Waals surface area contributed by atoms with Crippen LogP contribution in [0.15, 0.2) is 66.7 Å². The van der Waals surface area contributed by atoms with Crippen molar-refractivity contribution in [3.05, 3.63) is 88.0 Å². The summed E-state index contributed by atoms with van der Waals surface area (Å²) in [6.45, 7) is 1.61. The van der Waals surface area contributed by atoms with Crippen LogP contribution in [-0.4, -0.2) is 49.6 Å². The lowest BCUT2D eigenvalue weighted by Crippen LogP contribution is -2.43. The minimum atomic E-state index is -0.697. The molecule has 2 N–H and O–H groups in total. The van der Waals surface area contributed by atoms with Gasteiger partial charge in [-0.25, -0.2) is 0 Å². The summed E-state index contributed by atoms with van der Waals surface area (Å²) in [5.74, 6) is -0.853. The van der Waals surface area contributed by atoms with Gasteiger partial charge in [0.1, 0.15) is 11.4 Å². The summed E-state index contributed by atoms with van der Waals surface area (Å²) in [5, 5.41) is 20.5. The van der Waals surface area contributed by atoms with Gasteiger partial charge >= 0.3 is 0 Å². The lowest BCUT2D eigenvalue weighted by atomic mass is 10.0. The molecule has 1 heterocycles. The molecule has 0 spiro atoms. The van der Waals surface area contributed by atoms with Crippen LogP contribution >= 0.6 is 0 Å². The maximum atomic E-state index is 12.5. The Balaban J connectivity index is 1.29. The number of nitro groups is 1. The predicted octanol–water partition coefficient (Wildman–Crippen LogP) is 2.81. The third kappa shape index (κ3) is 6.39. The highest BCUT2D eigenvalue weighted by molar-refractivity contribution is 5.97. The second-order valence-electron chi connectivity index (χ2n) is 8.06. The smallest absolute Gasteiger partial charge is 0.293 e. The van der Waals surface area contributed by atoms with Crippen molar-refractivity contribution in [2.45, 2.75) is 0 Å². The molecule has 11 nitrogen and oxygen atoms in total. The van der Waals surface area contributed by atoms with Crippen LogP contribution in [0.5, 0.6) is 5.75 Å². The molecule has 1 aliphatic heterocycles. The quantitative estimate of drug-likeness (QED) is 0.371. The van der Waals surface area contributed by atoms with Gasteiger partial charge in [0, 0.05) is 24.7 Å². The first-order valence-electron chi connectivity index (χ1n) is 11.4. The van der Waals surface area contributed by atoms with Gasteiger partial charge in [-0.05, 0) is 47.5 Å². The summed E-state index contributed by atoms with van der Waals surface area (Å²) in [6.07, 6.45) is 0. The van der Waals surface area contributed by atoms with Gasteiger partial charge in [-0.1, -0.05) is 24.3 Å². The number of amides is 2. The van der Waals surface area contributed by atoms with Crippen LogP contribution < -0.4 is 20.5 Å². The number of rotatable bonds is 7. The van der Waals surface area contributed by atoms with Crippen molar-refractivity contribution in [1.82, 2.24) is 10.9 Å². The van der Waals surface area contributed by atoms with Gasteiger partial charge in [0.2, 0.25) is 0 Å². The van der Waals surface area contributed by atoms with Gasteiger partial charge in [-0.3, -0.25) is 30.6 Å². The van der Waals surface area contributed by atoms with Crippen molar-refractivity contribution in [3.63, 3.8) is 0 Å². The molecule has 3 aromatic rings. The summed E-state index contributed by atoms with van der Waals surface area (Å²) in [6, 6.07) is 20.4. The number of hydrogen-bond donors (Lipinski definition) is 2. The zero-order chi connectivity index (χ0) is 26.2. The van der Waals surface area contributed by atoms with E-state index < -0.39 is 16.7 Å². The fraction of sp³-hybridized carbons (Fsp3) is 0.192. The van der Waals surface area contributed by atoms with Crippen LogP contribution in [0.25, 0.3) is 11.1 Å². The Morgan fingerprint density at radius 3 is 2.27 bits per heavy atom. The summed E-state index contributed by atoms with van der Waals surface area (Å²) in [5.41, 5.74) is 7.15. The number of nitrogens with one attached hydrogen (secondary N) is 2. The number of ether oxygens (including phenoxy) is 2. The van der Waals surface area contributed by atoms with E-state index in [0.717, 1.165) is 11.1 Å². The second kappa shape index (κ2) is 11.7. The molecule has 1 fully saturated rings. The maximum Gasteiger partial charge on any atom is 0.293 e. The zero-order valence-electron chi connectivity index (χ0n) is 19.7. The molecular formula is C26H23N5O6. The Morgan fingerprint density at radius 2 is 1.65 bits per heavy atom. The highest BCUT2D eigenvalue weighted by Gasteiger charge is 2.23. The van der Waals surface area contributed by atoms with E-state index >= 15 is 0 Å². The van der Waals surface area contributed by atoms with E-state index in [0.29, 0.717) is 43.3 Å². The molecule has 2 amide bonds. The topological polar surface area (TPSA) is 147 Å². The molecule has 0 unspecified atom stereocenters. The first-order valence-corrected chi connectivity index (χ1v) is 11.4. The van der Waals surface area contributed by atoms with Gasteiger partial charge in [0.25, 0.3) is 17.5 Å². The van der Waals surface area contributed by atoms with Gasteiger partial charge in [0.05, 0.1) is 29.8 Å². The molecule has 188 valence electrons. The standard InChI is InChI=1S/C26H23N5O6/c27-16-18-1-3-19(4-2-18)20-5-8-22(9-6-20)37-17-25(32)28-29-26(33)21-7-10-23(24(15-21)31(34)35)30-11-13-36-14-12-30/h1-10,15H,11-14,17H2,(H,28,32)(H,29,33). The lowest BCUT2D eigenvalue weighted by molar-refractivity contribution is -0.384. The number of morpholine rings is 1. The van der Waals surface area contributed by atoms with Crippen molar-refractivity contribution in [1.29, 1.82) is 5.26 Å². The molecule has 0 aromatic heterocycles. The van der Waals surface area contributed by atoms with E-state index in [-0.39, 0.29) is 17.9 Å². The number of nitro benzene ring substituents is 1. The fourth-order valence-electron chi connectivity index (χ4n) is 3.75. The normalized spacial score (nSPS) is 12.8. The number of benzene rings is 3. The molecule has 1 saturated heterocycles. The molecule has 3 aromatic carbocycles. The number of carbonyl (C=O) groups excluding carboxylic acids is 2. The third-order valence-corrected chi connectivity index (χ3v) is 5.67. The molecule has 0 bridgehead atoms. The average molecular weight is 501 g/mol. The van der Waals surface area contributed by atoms with E-state index in [9.17, 15) is 19.7 Å². The predicted molar refractivity (Wildman–Crippen MR) is 134 cm³/mol. The Morgan fingerprint density at radius 1 is 1.00 bits per heavy atom. The Labute approximate surface area is 212 Å². The van der Waals surface area contributed by atoms with Crippen LogP contribution in [0, 0.1) is 21.4 Å². The summed E-state index contributed by atoms with van der Waals surface area (Å²) in [7, 11) is 0. The minimum Gasteiger partial charge on any atom is -0.484 e. The van der Waals surface area contributed by atoms with Gasteiger partial charge in [0.15, 0.2) is 6.61 Å². The van der Waals surface area contributed by atoms with Gasteiger partial charge < -0.3 is 14.4 Å². The molecule has 0 atom stereocenters. The van der Waals surface area contributed by atoms with Crippen LogP contribution in [0.2, 0.25) is 0 Å². The Bertz CT molecular complexity index is 1330. The first kappa shape index (κ1) is 25.2. The maximum absolute atomic E-state index is 12.5. The van der Waals surface area contributed by atoms with E-state index in [1.165, 1.54) is 18.2 Å². The van der Waals surface area contributed by atoms with E-state index in [1.54, 1.807) is 24.3 Å². The van der Waals surface area contributed by atoms with Crippen molar-refractivity contribution in [3.8, 4) is 22.9 Å². The van der Waals surface area contributed by atoms with E-state index in [1.807, 2.05) is 29.2 Å². The fourth-order valence-corrected chi connectivity index (χ4v) is 3.75. The molecule has 1 aliphatic rings. The lowest BCUT2D eigenvalue weighted by Gasteiger charge is -2.28. The summed E-state index contributed by atoms with van der Waals surface area (Å²) >= 11 is 0. The SMILES string of the molecule is N#Cc1ccc(-c2ccc(OCC(=O)NNC(=O)c3ccc(N4CCOCC4)c([N+](=O)[O-])c3)cc2)cc1. The molecule has 0 saturated carbocycles. The Hall–Kier alpha value is -4.95. The van der Waals surface area contributed by atoms with Crippen molar-refractivity contribution in [2.24, 2.45) is 0 Å².